The van der Waals surface area contributed by atoms with E-state index in [2.05, 4.69) is 106 Å². The first kappa shape index (κ1) is 31.0. The summed E-state index contributed by atoms with van der Waals surface area (Å²) in [5.41, 5.74) is 7.14. The van der Waals surface area contributed by atoms with Gasteiger partial charge in [-0.15, -0.1) is 0 Å². The van der Waals surface area contributed by atoms with E-state index in [-0.39, 0.29) is 11.8 Å². The van der Waals surface area contributed by atoms with E-state index >= 15 is 0 Å². The molecule has 7 heteroatoms. The Bertz CT molecular complexity index is 1240. The molecule has 2 N–H and O–H groups in total. The van der Waals surface area contributed by atoms with Crippen LogP contribution < -0.4 is 25.3 Å². The number of carbonyl (C=O) groups excluding carboxylic acids is 1. The smallest absolute Gasteiger partial charge is 0.231 e. The highest BCUT2D eigenvalue weighted by atomic mass is 32.1. The first-order valence-corrected chi connectivity index (χ1v) is 14.3. The molecule has 6 nitrogen and oxygen atoms in total. The van der Waals surface area contributed by atoms with Gasteiger partial charge < -0.3 is 25.3 Å². The number of nitrogens with one attached hydrogen (secondary N) is 2. The van der Waals surface area contributed by atoms with Gasteiger partial charge in [0, 0.05) is 75.4 Å². The molecule has 0 bridgehead atoms. The fraction of sp³-hybridized carbons (Fsp3) is 0.394. The number of anilines is 4. The molecule has 3 aromatic carbocycles. The van der Waals surface area contributed by atoms with E-state index in [0.29, 0.717) is 5.11 Å². The molecule has 0 aliphatic heterocycles. The van der Waals surface area contributed by atoms with Crippen molar-refractivity contribution in [3.05, 3.63) is 83.4 Å². The normalized spacial score (nSPS) is 11.2. The molecule has 0 aromatic heterocycles. The summed E-state index contributed by atoms with van der Waals surface area (Å²) >= 11 is 5.65. The highest BCUT2D eigenvalue weighted by molar-refractivity contribution is 7.80. The SMILES string of the molecule is CCN(CC)c1ccc(C(c2ccc(N(C)C)cc2)c2ccc(N(C)C)cc2)c(NC(=S)NC(=O)C(C)(C)C)c1. The van der Waals surface area contributed by atoms with Crippen molar-refractivity contribution >= 4 is 46.0 Å². The average Bonchev–Trinajstić information content (AvgIpc) is 2.90. The number of thiocarbonyl (C=S) groups is 1. The van der Waals surface area contributed by atoms with Crippen LogP contribution in [0.25, 0.3) is 0 Å². The van der Waals surface area contributed by atoms with Crippen molar-refractivity contribution in [1.82, 2.24) is 5.32 Å². The first-order valence-electron chi connectivity index (χ1n) is 13.9. The number of nitrogens with zero attached hydrogens (tertiary/aromatic N) is 3. The van der Waals surface area contributed by atoms with E-state index in [0.717, 1.165) is 41.4 Å². The topological polar surface area (TPSA) is 50.9 Å². The maximum atomic E-state index is 12.7. The molecular weight excluding hydrogens is 514 g/mol. The van der Waals surface area contributed by atoms with Crippen molar-refractivity contribution in [3.8, 4) is 0 Å². The minimum atomic E-state index is -0.553. The second-order valence-corrected chi connectivity index (χ2v) is 11.9. The van der Waals surface area contributed by atoms with Crippen molar-refractivity contribution in [2.45, 2.75) is 40.5 Å². The van der Waals surface area contributed by atoms with Gasteiger partial charge in [-0.05, 0) is 79.2 Å². The Morgan fingerprint density at radius 1 is 0.775 bits per heavy atom. The Labute approximate surface area is 246 Å². The predicted molar refractivity (Wildman–Crippen MR) is 176 cm³/mol. The molecule has 40 heavy (non-hydrogen) atoms. The summed E-state index contributed by atoms with van der Waals surface area (Å²) in [7, 11) is 8.20. The van der Waals surface area contributed by atoms with Crippen LogP contribution in [0.1, 0.15) is 57.2 Å². The fourth-order valence-electron chi connectivity index (χ4n) is 4.62. The van der Waals surface area contributed by atoms with Crippen LogP contribution in [0.3, 0.4) is 0 Å². The summed E-state index contributed by atoms with van der Waals surface area (Å²) in [6, 6.07) is 23.9. The van der Waals surface area contributed by atoms with E-state index in [9.17, 15) is 4.79 Å². The van der Waals surface area contributed by atoms with Gasteiger partial charge in [-0.2, -0.15) is 0 Å². The van der Waals surface area contributed by atoms with Gasteiger partial charge in [0.25, 0.3) is 0 Å². The second kappa shape index (κ2) is 13.2. The highest BCUT2D eigenvalue weighted by Crippen LogP contribution is 2.39. The van der Waals surface area contributed by atoms with Gasteiger partial charge in [0.2, 0.25) is 5.91 Å². The summed E-state index contributed by atoms with van der Waals surface area (Å²) < 4.78 is 0. The van der Waals surface area contributed by atoms with E-state index < -0.39 is 5.41 Å². The maximum absolute atomic E-state index is 12.7. The molecule has 0 saturated carbocycles. The van der Waals surface area contributed by atoms with Crippen molar-refractivity contribution in [2.75, 3.05) is 61.3 Å². The van der Waals surface area contributed by atoms with Gasteiger partial charge in [0.15, 0.2) is 5.11 Å². The maximum Gasteiger partial charge on any atom is 0.231 e. The number of hydrogen-bond donors (Lipinski definition) is 2. The Morgan fingerprint density at radius 3 is 1.62 bits per heavy atom. The van der Waals surface area contributed by atoms with E-state index in [1.54, 1.807) is 0 Å². The molecule has 3 aromatic rings. The Kier molecular flexibility index (Phi) is 10.2. The molecule has 3 rings (SSSR count). The summed E-state index contributed by atoms with van der Waals surface area (Å²) in [6.45, 7) is 11.7. The third-order valence-corrected chi connectivity index (χ3v) is 7.32. The lowest BCUT2D eigenvalue weighted by Gasteiger charge is -2.27. The molecule has 1 amide bonds. The molecule has 214 valence electrons. The molecule has 0 unspecified atom stereocenters. The largest absolute Gasteiger partial charge is 0.378 e. The third kappa shape index (κ3) is 7.54. The molecule has 0 saturated heterocycles. The number of amides is 1. The van der Waals surface area contributed by atoms with Gasteiger partial charge >= 0.3 is 0 Å². The average molecular weight is 560 g/mol. The Hall–Kier alpha value is -3.58. The zero-order valence-electron chi connectivity index (χ0n) is 25.5. The molecule has 0 heterocycles. The van der Waals surface area contributed by atoms with Crippen LogP contribution in [0.5, 0.6) is 0 Å². The number of hydrogen-bond acceptors (Lipinski definition) is 5. The number of carbonyl (C=O) groups is 1. The minimum absolute atomic E-state index is 0.0539. The van der Waals surface area contributed by atoms with E-state index in [1.807, 2.05) is 49.0 Å². The Morgan fingerprint density at radius 2 is 1.23 bits per heavy atom. The van der Waals surface area contributed by atoms with Crippen LogP contribution in [0, 0.1) is 5.41 Å². The standard InChI is InChI=1S/C33H45N5OS/c1-10-38(11-2)27-20-21-28(29(22-27)34-32(40)35-31(39)33(3,4)5)30(23-12-16-25(17-13-23)36(6)7)24-14-18-26(19-15-24)37(8)9/h12-22,30H,10-11H2,1-9H3,(H2,34,35,39,40). The quantitative estimate of drug-likeness (QED) is 0.225. The van der Waals surface area contributed by atoms with E-state index in [1.165, 1.54) is 11.1 Å². The summed E-state index contributed by atoms with van der Waals surface area (Å²) in [4.78, 5) is 19.2. The van der Waals surface area contributed by atoms with Crippen LogP contribution in [-0.2, 0) is 4.79 Å². The third-order valence-electron chi connectivity index (χ3n) is 7.12. The lowest BCUT2D eigenvalue weighted by molar-refractivity contribution is -0.126. The van der Waals surface area contributed by atoms with Crippen LogP contribution >= 0.6 is 12.2 Å². The van der Waals surface area contributed by atoms with Gasteiger partial charge in [0.1, 0.15) is 0 Å². The van der Waals surface area contributed by atoms with Crippen LogP contribution in [0.4, 0.5) is 22.7 Å². The van der Waals surface area contributed by atoms with Gasteiger partial charge in [-0.1, -0.05) is 51.1 Å². The molecule has 0 spiro atoms. The molecule has 0 aliphatic rings. The zero-order valence-corrected chi connectivity index (χ0v) is 26.3. The lowest BCUT2D eigenvalue weighted by Crippen LogP contribution is -2.41. The van der Waals surface area contributed by atoms with Gasteiger partial charge in [-0.3, -0.25) is 4.79 Å². The van der Waals surface area contributed by atoms with Gasteiger partial charge in [-0.25, -0.2) is 0 Å². The number of rotatable bonds is 9. The molecule has 0 fully saturated rings. The Balaban J connectivity index is 2.17. The van der Waals surface area contributed by atoms with Crippen LogP contribution in [-0.4, -0.2) is 52.3 Å². The van der Waals surface area contributed by atoms with Crippen molar-refractivity contribution < 1.29 is 4.79 Å². The van der Waals surface area contributed by atoms with E-state index in [4.69, 9.17) is 12.2 Å². The summed E-state index contributed by atoms with van der Waals surface area (Å²) in [6.07, 6.45) is 0. The second-order valence-electron chi connectivity index (χ2n) is 11.5. The first-order chi connectivity index (χ1) is 18.8. The molecular formula is C33H45N5OS. The predicted octanol–water partition coefficient (Wildman–Crippen LogP) is 6.70. The minimum Gasteiger partial charge on any atom is -0.378 e. The van der Waals surface area contributed by atoms with Crippen LogP contribution in [0.15, 0.2) is 66.7 Å². The van der Waals surface area contributed by atoms with Gasteiger partial charge in [0.05, 0.1) is 0 Å². The molecule has 0 aliphatic carbocycles. The zero-order chi connectivity index (χ0) is 29.6. The lowest BCUT2D eigenvalue weighted by atomic mass is 9.83. The summed E-state index contributed by atoms with van der Waals surface area (Å²) in [5, 5.41) is 6.57. The molecule has 0 radical (unpaired) electrons. The van der Waals surface area contributed by atoms with Crippen molar-refractivity contribution in [2.24, 2.45) is 5.41 Å². The summed E-state index contributed by atoms with van der Waals surface area (Å²) in [5.74, 6) is -0.177. The monoisotopic (exact) mass is 559 g/mol. The van der Waals surface area contributed by atoms with Crippen LogP contribution in [0.2, 0.25) is 0 Å². The number of benzene rings is 3. The fourth-order valence-corrected chi connectivity index (χ4v) is 4.82. The van der Waals surface area contributed by atoms with Crippen molar-refractivity contribution in [3.63, 3.8) is 0 Å². The molecule has 0 atom stereocenters. The highest BCUT2D eigenvalue weighted by Gasteiger charge is 2.25. The van der Waals surface area contributed by atoms with Crippen molar-refractivity contribution in [1.29, 1.82) is 0 Å².